The predicted octanol–water partition coefficient (Wildman–Crippen LogP) is 0.805. The molecular formula is C14H22N2O4S2. The topological polar surface area (TPSA) is 74.8 Å². The van der Waals surface area contributed by atoms with Crippen LogP contribution in [-0.4, -0.2) is 64.5 Å². The molecular weight excluding hydrogens is 324 g/mol. The van der Waals surface area contributed by atoms with Gasteiger partial charge in [0.25, 0.3) is 0 Å². The van der Waals surface area contributed by atoms with Gasteiger partial charge >= 0.3 is 0 Å². The molecule has 6 nitrogen and oxygen atoms in total. The van der Waals surface area contributed by atoms with Crippen molar-refractivity contribution in [2.24, 2.45) is 0 Å². The van der Waals surface area contributed by atoms with E-state index in [-0.39, 0.29) is 9.79 Å². The van der Waals surface area contributed by atoms with Crippen LogP contribution in [-0.2, 0) is 19.9 Å². The number of rotatable bonds is 4. The SMILES string of the molecule is CC(C)N1CCN(S(=O)(=O)c2ccccc2S(C)(=O)=O)CC1. The first kappa shape index (κ1) is 17.4. The first-order valence-corrected chi connectivity index (χ1v) is 10.5. The summed E-state index contributed by atoms with van der Waals surface area (Å²) in [6.07, 6.45) is 1.03. The van der Waals surface area contributed by atoms with Crippen LogP contribution in [0.2, 0.25) is 0 Å². The lowest BCUT2D eigenvalue weighted by atomic mass is 10.3. The zero-order valence-corrected chi connectivity index (χ0v) is 14.7. The summed E-state index contributed by atoms with van der Waals surface area (Å²) in [5, 5.41) is 0. The average molecular weight is 346 g/mol. The van der Waals surface area contributed by atoms with E-state index < -0.39 is 19.9 Å². The van der Waals surface area contributed by atoms with Gasteiger partial charge in [0.05, 0.1) is 4.90 Å². The van der Waals surface area contributed by atoms with Gasteiger partial charge in [0.1, 0.15) is 4.90 Å². The van der Waals surface area contributed by atoms with Crippen molar-refractivity contribution in [2.75, 3.05) is 32.4 Å². The minimum atomic E-state index is -3.80. The fourth-order valence-electron chi connectivity index (χ4n) is 2.57. The van der Waals surface area contributed by atoms with Crippen molar-refractivity contribution in [3.63, 3.8) is 0 Å². The molecule has 1 aliphatic heterocycles. The van der Waals surface area contributed by atoms with E-state index in [9.17, 15) is 16.8 Å². The van der Waals surface area contributed by atoms with Crippen molar-refractivity contribution in [1.29, 1.82) is 0 Å². The highest BCUT2D eigenvalue weighted by Gasteiger charge is 2.32. The van der Waals surface area contributed by atoms with Gasteiger partial charge in [-0.05, 0) is 26.0 Å². The van der Waals surface area contributed by atoms with Crippen LogP contribution in [0.1, 0.15) is 13.8 Å². The van der Waals surface area contributed by atoms with Gasteiger partial charge < -0.3 is 0 Å². The van der Waals surface area contributed by atoms with Crippen molar-refractivity contribution in [2.45, 2.75) is 29.7 Å². The molecule has 1 fully saturated rings. The zero-order valence-electron chi connectivity index (χ0n) is 13.1. The monoisotopic (exact) mass is 346 g/mol. The maximum Gasteiger partial charge on any atom is 0.244 e. The lowest BCUT2D eigenvalue weighted by Crippen LogP contribution is -2.50. The van der Waals surface area contributed by atoms with Gasteiger partial charge in [0.2, 0.25) is 10.0 Å². The Labute approximate surface area is 132 Å². The Morgan fingerprint density at radius 3 is 1.86 bits per heavy atom. The molecule has 1 aromatic rings. The van der Waals surface area contributed by atoms with E-state index >= 15 is 0 Å². The number of sulfone groups is 1. The lowest BCUT2D eigenvalue weighted by Gasteiger charge is -2.36. The van der Waals surface area contributed by atoms with E-state index in [0.29, 0.717) is 32.2 Å². The number of piperazine rings is 1. The number of benzene rings is 1. The third kappa shape index (κ3) is 3.51. The molecule has 0 radical (unpaired) electrons. The molecule has 1 aliphatic rings. The van der Waals surface area contributed by atoms with Crippen LogP contribution in [0, 0.1) is 0 Å². The second-order valence-electron chi connectivity index (χ2n) is 5.75. The number of hydrogen-bond donors (Lipinski definition) is 0. The molecule has 0 aliphatic carbocycles. The Kier molecular flexibility index (Phi) is 4.96. The van der Waals surface area contributed by atoms with E-state index in [1.807, 2.05) is 0 Å². The molecule has 8 heteroatoms. The van der Waals surface area contributed by atoms with Gasteiger partial charge in [-0.3, -0.25) is 4.90 Å². The molecule has 1 aromatic carbocycles. The van der Waals surface area contributed by atoms with Crippen molar-refractivity contribution in [3.05, 3.63) is 24.3 Å². The maximum atomic E-state index is 12.8. The van der Waals surface area contributed by atoms with Crippen LogP contribution in [0.25, 0.3) is 0 Å². The van der Waals surface area contributed by atoms with Crippen LogP contribution >= 0.6 is 0 Å². The average Bonchev–Trinajstić information content (AvgIpc) is 2.46. The molecule has 1 heterocycles. The molecule has 0 amide bonds. The highest BCUT2D eigenvalue weighted by Crippen LogP contribution is 2.25. The molecule has 0 unspecified atom stereocenters. The summed E-state index contributed by atoms with van der Waals surface area (Å²) in [5.74, 6) is 0. The van der Waals surface area contributed by atoms with E-state index in [1.165, 1.54) is 22.5 Å². The number of sulfonamides is 1. The Morgan fingerprint density at radius 2 is 1.41 bits per heavy atom. The fourth-order valence-corrected chi connectivity index (χ4v) is 5.59. The Bertz CT molecular complexity index is 734. The van der Waals surface area contributed by atoms with Crippen molar-refractivity contribution < 1.29 is 16.8 Å². The summed E-state index contributed by atoms with van der Waals surface area (Å²) in [6.45, 7) is 6.19. The van der Waals surface area contributed by atoms with Gasteiger partial charge in [-0.25, -0.2) is 16.8 Å². The molecule has 22 heavy (non-hydrogen) atoms. The summed E-state index contributed by atoms with van der Waals surface area (Å²) in [7, 11) is -7.39. The fraction of sp³-hybridized carbons (Fsp3) is 0.571. The third-order valence-electron chi connectivity index (χ3n) is 3.87. The predicted molar refractivity (Wildman–Crippen MR) is 85.0 cm³/mol. The summed E-state index contributed by atoms with van der Waals surface area (Å²) in [6, 6.07) is 6.15. The molecule has 0 atom stereocenters. The molecule has 0 spiro atoms. The number of nitrogens with zero attached hydrogens (tertiary/aromatic N) is 2. The Balaban J connectivity index is 2.34. The summed E-state index contributed by atoms with van der Waals surface area (Å²) in [4.78, 5) is 1.94. The van der Waals surface area contributed by atoms with E-state index in [1.54, 1.807) is 6.07 Å². The van der Waals surface area contributed by atoms with Gasteiger partial charge in [0.15, 0.2) is 9.84 Å². The maximum absolute atomic E-state index is 12.8. The van der Waals surface area contributed by atoms with E-state index in [0.717, 1.165) is 6.26 Å². The third-order valence-corrected chi connectivity index (χ3v) is 7.11. The molecule has 0 saturated carbocycles. The largest absolute Gasteiger partial charge is 0.298 e. The van der Waals surface area contributed by atoms with Gasteiger partial charge in [-0.1, -0.05) is 12.1 Å². The molecule has 0 aromatic heterocycles. The zero-order chi connectivity index (χ0) is 16.5. The lowest BCUT2D eigenvalue weighted by molar-refractivity contribution is 0.154. The highest BCUT2D eigenvalue weighted by atomic mass is 32.2. The number of hydrogen-bond acceptors (Lipinski definition) is 5. The van der Waals surface area contributed by atoms with Crippen LogP contribution in [0.15, 0.2) is 34.1 Å². The summed E-state index contributed by atoms with van der Waals surface area (Å²) >= 11 is 0. The first-order chi connectivity index (χ1) is 10.1. The second kappa shape index (κ2) is 6.27. The van der Waals surface area contributed by atoms with Crippen molar-refractivity contribution in [3.8, 4) is 0 Å². The van der Waals surface area contributed by atoms with Gasteiger partial charge in [0, 0.05) is 38.5 Å². The second-order valence-corrected chi connectivity index (χ2v) is 9.64. The van der Waals surface area contributed by atoms with Gasteiger partial charge in [-0.15, -0.1) is 0 Å². The summed E-state index contributed by atoms with van der Waals surface area (Å²) in [5.41, 5.74) is 0. The van der Waals surface area contributed by atoms with Crippen LogP contribution < -0.4 is 0 Å². The molecule has 1 saturated heterocycles. The molecule has 2 rings (SSSR count). The van der Waals surface area contributed by atoms with Crippen molar-refractivity contribution >= 4 is 19.9 Å². The Hall–Kier alpha value is -0.960. The Morgan fingerprint density at radius 1 is 0.909 bits per heavy atom. The summed E-state index contributed by atoms with van der Waals surface area (Å²) < 4.78 is 50.6. The van der Waals surface area contributed by atoms with Crippen LogP contribution in [0.3, 0.4) is 0 Å². The molecule has 0 N–H and O–H groups in total. The minimum absolute atomic E-state index is 0.129. The van der Waals surface area contributed by atoms with E-state index in [2.05, 4.69) is 18.7 Å². The smallest absolute Gasteiger partial charge is 0.244 e. The quantitative estimate of drug-likeness (QED) is 0.806. The van der Waals surface area contributed by atoms with Crippen molar-refractivity contribution in [1.82, 2.24) is 9.21 Å². The first-order valence-electron chi connectivity index (χ1n) is 7.17. The minimum Gasteiger partial charge on any atom is -0.298 e. The molecule has 0 bridgehead atoms. The van der Waals surface area contributed by atoms with E-state index in [4.69, 9.17) is 0 Å². The highest BCUT2D eigenvalue weighted by molar-refractivity contribution is 7.93. The van der Waals surface area contributed by atoms with Crippen LogP contribution in [0.5, 0.6) is 0 Å². The van der Waals surface area contributed by atoms with Crippen LogP contribution in [0.4, 0.5) is 0 Å². The molecule has 124 valence electrons. The normalized spacial score (nSPS) is 18.7. The van der Waals surface area contributed by atoms with Gasteiger partial charge in [-0.2, -0.15) is 4.31 Å². The standard InChI is InChI=1S/C14H22N2O4S2/c1-12(2)15-8-10-16(11-9-15)22(19,20)14-7-5-4-6-13(14)21(3,17)18/h4-7,12H,8-11H2,1-3H3.